The Morgan fingerprint density at radius 1 is 1.04 bits per heavy atom. The van der Waals surface area contributed by atoms with Crippen molar-refractivity contribution in [3.05, 3.63) is 84.4 Å². The zero-order valence-electron chi connectivity index (χ0n) is 12.8. The first kappa shape index (κ1) is 14.8. The smallest absolute Gasteiger partial charge is 0.320 e. The number of aryl methyl sites for hydroxylation is 1. The molecule has 3 rings (SSSR count). The van der Waals surface area contributed by atoms with Gasteiger partial charge in [0.1, 0.15) is 11.9 Å². The zero-order valence-corrected chi connectivity index (χ0v) is 12.8. The van der Waals surface area contributed by atoms with Crippen molar-refractivity contribution in [2.45, 2.75) is 6.04 Å². The molecule has 23 heavy (non-hydrogen) atoms. The van der Waals surface area contributed by atoms with Crippen LogP contribution in [0.4, 0.5) is 10.5 Å². The lowest BCUT2D eigenvalue weighted by atomic mass is 10.1. The van der Waals surface area contributed by atoms with Crippen LogP contribution in [0.3, 0.4) is 0 Å². The number of benzene rings is 2. The summed E-state index contributed by atoms with van der Waals surface area (Å²) in [6.45, 7) is 0. The normalized spacial score (nSPS) is 11.7. The van der Waals surface area contributed by atoms with Crippen LogP contribution >= 0.6 is 0 Å². The third-order valence-electron chi connectivity index (χ3n) is 3.56. The fraction of sp³-hybridized carbons (Fsp3) is 0.111. The molecule has 1 atom stereocenters. The largest absolute Gasteiger partial charge is 0.336 e. The van der Waals surface area contributed by atoms with Crippen molar-refractivity contribution in [2.24, 2.45) is 7.05 Å². The van der Waals surface area contributed by atoms with Crippen molar-refractivity contribution in [3.63, 3.8) is 0 Å². The summed E-state index contributed by atoms with van der Waals surface area (Å²) in [6.07, 6.45) is 3.59. The molecule has 0 saturated carbocycles. The molecule has 0 spiro atoms. The number of nitrogens with one attached hydrogen (secondary N) is 2. The number of carbonyl (C=O) groups is 1. The molecular formula is C18H18N4O. The van der Waals surface area contributed by atoms with Crippen molar-refractivity contribution < 1.29 is 4.79 Å². The molecule has 2 aromatic carbocycles. The first-order valence-corrected chi connectivity index (χ1v) is 7.39. The standard InChI is InChI=1S/C18H18N4O/c1-22-13-12-19-17(22)16(14-8-4-2-5-9-14)21-18(23)20-15-10-6-3-7-11-15/h2-13,16H,1H3,(H2,20,21,23)/t16-/m1/s1. The first-order valence-electron chi connectivity index (χ1n) is 7.39. The molecular weight excluding hydrogens is 288 g/mol. The third kappa shape index (κ3) is 3.58. The van der Waals surface area contributed by atoms with E-state index in [2.05, 4.69) is 15.6 Å². The van der Waals surface area contributed by atoms with E-state index in [0.29, 0.717) is 0 Å². The number of imidazole rings is 1. The third-order valence-corrected chi connectivity index (χ3v) is 3.56. The fourth-order valence-electron chi connectivity index (χ4n) is 2.42. The highest BCUT2D eigenvalue weighted by atomic mass is 16.2. The molecule has 5 heteroatoms. The Morgan fingerprint density at radius 2 is 1.70 bits per heavy atom. The van der Waals surface area contributed by atoms with E-state index in [0.717, 1.165) is 17.1 Å². The highest BCUT2D eigenvalue weighted by molar-refractivity contribution is 5.89. The van der Waals surface area contributed by atoms with Gasteiger partial charge in [-0.05, 0) is 17.7 Å². The highest BCUT2D eigenvalue weighted by Gasteiger charge is 2.20. The lowest BCUT2D eigenvalue weighted by molar-refractivity contribution is 0.249. The van der Waals surface area contributed by atoms with Crippen molar-refractivity contribution >= 4 is 11.7 Å². The van der Waals surface area contributed by atoms with Crippen LogP contribution in [-0.2, 0) is 7.05 Å². The number of rotatable bonds is 4. The Bertz CT molecular complexity index is 768. The number of aromatic nitrogens is 2. The second-order valence-electron chi connectivity index (χ2n) is 5.20. The minimum Gasteiger partial charge on any atom is -0.336 e. The second-order valence-corrected chi connectivity index (χ2v) is 5.20. The summed E-state index contributed by atoms with van der Waals surface area (Å²) >= 11 is 0. The van der Waals surface area contributed by atoms with E-state index in [1.165, 1.54) is 0 Å². The average molecular weight is 306 g/mol. The number of nitrogens with zero attached hydrogens (tertiary/aromatic N) is 2. The molecule has 5 nitrogen and oxygen atoms in total. The van der Waals surface area contributed by atoms with Crippen LogP contribution < -0.4 is 10.6 Å². The molecule has 0 fully saturated rings. The summed E-state index contributed by atoms with van der Waals surface area (Å²) in [5, 5.41) is 5.83. The van der Waals surface area contributed by atoms with Crippen molar-refractivity contribution in [1.82, 2.24) is 14.9 Å². The molecule has 1 heterocycles. The lowest BCUT2D eigenvalue weighted by Crippen LogP contribution is -2.34. The van der Waals surface area contributed by atoms with Gasteiger partial charge in [0.2, 0.25) is 0 Å². The summed E-state index contributed by atoms with van der Waals surface area (Å²) in [5.74, 6) is 0.777. The van der Waals surface area contributed by atoms with Gasteiger partial charge < -0.3 is 15.2 Å². The minimum absolute atomic E-state index is 0.270. The summed E-state index contributed by atoms with van der Waals surface area (Å²) in [7, 11) is 1.91. The van der Waals surface area contributed by atoms with E-state index in [-0.39, 0.29) is 12.1 Å². The van der Waals surface area contributed by atoms with Crippen LogP contribution in [0.1, 0.15) is 17.4 Å². The molecule has 0 saturated heterocycles. The highest BCUT2D eigenvalue weighted by Crippen LogP contribution is 2.20. The van der Waals surface area contributed by atoms with Crippen molar-refractivity contribution in [2.75, 3.05) is 5.32 Å². The van der Waals surface area contributed by atoms with Gasteiger partial charge in [-0.2, -0.15) is 0 Å². The maximum Gasteiger partial charge on any atom is 0.320 e. The Morgan fingerprint density at radius 3 is 2.30 bits per heavy atom. The van der Waals surface area contributed by atoms with E-state index in [4.69, 9.17) is 0 Å². The number of carbonyl (C=O) groups excluding carboxylic acids is 1. The molecule has 0 aliphatic rings. The maximum absolute atomic E-state index is 12.3. The van der Waals surface area contributed by atoms with Gasteiger partial charge in [0.15, 0.2) is 0 Å². The predicted molar refractivity (Wildman–Crippen MR) is 90.1 cm³/mol. The van der Waals surface area contributed by atoms with E-state index in [1.54, 1.807) is 6.20 Å². The number of hydrogen-bond donors (Lipinski definition) is 2. The molecule has 0 bridgehead atoms. The summed E-state index contributed by atoms with van der Waals surface area (Å²) in [6, 6.07) is 18.6. The Labute approximate surface area is 135 Å². The Kier molecular flexibility index (Phi) is 4.38. The van der Waals surface area contributed by atoms with E-state index >= 15 is 0 Å². The summed E-state index contributed by atoms with van der Waals surface area (Å²) < 4.78 is 1.90. The number of anilines is 1. The molecule has 3 aromatic rings. The van der Waals surface area contributed by atoms with Crippen LogP contribution in [0.2, 0.25) is 0 Å². The summed E-state index contributed by atoms with van der Waals surface area (Å²) in [4.78, 5) is 16.7. The zero-order chi connectivity index (χ0) is 16.1. The molecule has 1 aromatic heterocycles. The van der Waals surface area contributed by atoms with Crippen LogP contribution in [0.25, 0.3) is 0 Å². The molecule has 0 aliphatic heterocycles. The molecule has 0 aliphatic carbocycles. The van der Waals surface area contributed by atoms with Gasteiger partial charge in [-0.3, -0.25) is 0 Å². The lowest BCUT2D eigenvalue weighted by Gasteiger charge is -2.19. The van der Waals surface area contributed by atoms with Crippen molar-refractivity contribution in [3.8, 4) is 0 Å². The average Bonchev–Trinajstić information content (AvgIpc) is 3.00. The molecule has 116 valence electrons. The molecule has 2 N–H and O–H groups in total. The van der Waals surface area contributed by atoms with Gasteiger partial charge in [-0.15, -0.1) is 0 Å². The molecule has 2 amide bonds. The first-order chi connectivity index (χ1) is 11.2. The van der Waals surface area contributed by atoms with Gasteiger partial charge in [0.25, 0.3) is 0 Å². The van der Waals surface area contributed by atoms with Crippen LogP contribution in [0, 0.1) is 0 Å². The van der Waals surface area contributed by atoms with Gasteiger partial charge in [-0.1, -0.05) is 48.5 Å². The maximum atomic E-state index is 12.3. The summed E-state index contributed by atoms with van der Waals surface area (Å²) in [5.41, 5.74) is 1.72. The van der Waals surface area contributed by atoms with E-state index < -0.39 is 0 Å². The van der Waals surface area contributed by atoms with Crippen LogP contribution in [0.15, 0.2) is 73.1 Å². The number of amides is 2. The van der Waals surface area contributed by atoms with Gasteiger partial charge in [-0.25, -0.2) is 9.78 Å². The SMILES string of the molecule is Cn1ccnc1[C@H](NC(=O)Nc1ccccc1)c1ccccc1. The second kappa shape index (κ2) is 6.79. The Balaban J connectivity index is 1.82. The fourth-order valence-corrected chi connectivity index (χ4v) is 2.42. The van der Waals surface area contributed by atoms with Crippen LogP contribution in [0.5, 0.6) is 0 Å². The number of urea groups is 1. The molecule has 0 radical (unpaired) electrons. The van der Waals surface area contributed by atoms with E-state index in [9.17, 15) is 4.79 Å². The van der Waals surface area contributed by atoms with Crippen LogP contribution in [-0.4, -0.2) is 15.6 Å². The van der Waals surface area contributed by atoms with Gasteiger partial charge in [0, 0.05) is 25.1 Å². The topological polar surface area (TPSA) is 59.0 Å². The van der Waals surface area contributed by atoms with Gasteiger partial charge >= 0.3 is 6.03 Å². The number of hydrogen-bond acceptors (Lipinski definition) is 2. The van der Waals surface area contributed by atoms with Gasteiger partial charge in [0.05, 0.1) is 0 Å². The predicted octanol–water partition coefficient (Wildman–Crippen LogP) is 3.33. The number of para-hydroxylation sites is 1. The van der Waals surface area contributed by atoms with E-state index in [1.807, 2.05) is 78.5 Å². The van der Waals surface area contributed by atoms with Crippen molar-refractivity contribution in [1.29, 1.82) is 0 Å². The molecule has 0 unspecified atom stereocenters. The quantitative estimate of drug-likeness (QED) is 0.776. The Hall–Kier alpha value is -3.08. The minimum atomic E-state index is -0.320. The monoisotopic (exact) mass is 306 g/mol.